The van der Waals surface area contributed by atoms with Crippen LogP contribution in [0.25, 0.3) is 0 Å². The van der Waals surface area contributed by atoms with Crippen LogP contribution in [0.2, 0.25) is 0 Å². The maximum atomic E-state index is 12.4. The van der Waals surface area contributed by atoms with Crippen molar-refractivity contribution >= 4 is 34.7 Å². The summed E-state index contributed by atoms with van der Waals surface area (Å²) in [7, 11) is 0. The average Bonchev–Trinajstić information content (AvgIpc) is 2.78. The van der Waals surface area contributed by atoms with Crippen molar-refractivity contribution < 1.29 is 4.79 Å². The zero-order chi connectivity index (χ0) is 16.1. The van der Waals surface area contributed by atoms with Gasteiger partial charge in [-0.15, -0.1) is 23.7 Å². The van der Waals surface area contributed by atoms with E-state index in [0.29, 0.717) is 24.2 Å². The molecule has 1 fully saturated rings. The number of rotatable bonds is 6. The molecule has 1 aromatic heterocycles. The summed E-state index contributed by atoms with van der Waals surface area (Å²) in [6.45, 7) is 10.7. The third-order valence-corrected chi connectivity index (χ3v) is 5.23. The van der Waals surface area contributed by atoms with Gasteiger partial charge in [0.25, 0.3) is 0 Å². The number of nitrogens with one attached hydrogen (secondary N) is 2. The summed E-state index contributed by atoms with van der Waals surface area (Å²) in [5.41, 5.74) is 1.04. The molecule has 0 aromatic carbocycles. The molecular formula is C17H30ClN3OS. The molecule has 2 rings (SSSR count). The van der Waals surface area contributed by atoms with E-state index in [9.17, 15) is 4.79 Å². The van der Waals surface area contributed by atoms with Crippen LogP contribution in [0.3, 0.4) is 0 Å². The molecule has 1 saturated heterocycles. The maximum absolute atomic E-state index is 12.4. The van der Waals surface area contributed by atoms with Crippen LogP contribution in [-0.2, 0) is 11.2 Å². The topological polar surface area (TPSA) is 54.0 Å². The van der Waals surface area contributed by atoms with Gasteiger partial charge in [0, 0.05) is 6.42 Å². The van der Waals surface area contributed by atoms with Gasteiger partial charge in [0.15, 0.2) is 0 Å². The SMILES string of the molecule is Cc1nc(CC(C)C)c(NC(=O)CC(C)C2CCCNC2)s1.Cl. The minimum absolute atomic E-state index is 0. The minimum atomic E-state index is 0. The number of nitrogens with zero attached hydrogens (tertiary/aromatic N) is 1. The van der Waals surface area contributed by atoms with Crippen LogP contribution >= 0.6 is 23.7 Å². The summed E-state index contributed by atoms with van der Waals surface area (Å²) < 4.78 is 0. The Morgan fingerprint density at radius 2 is 2.17 bits per heavy atom. The molecule has 2 heterocycles. The van der Waals surface area contributed by atoms with Crippen molar-refractivity contribution in [2.45, 2.75) is 53.4 Å². The Labute approximate surface area is 150 Å². The number of halogens is 1. The van der Waals surface area contributed by atoms with Crippen LogP contribution in [0.1, 0.15) is 50.7 Å². The molecule has 0 radical (unpaired) electrons. The van der Waals surface area contributed by atoms with Crippen molar-refractivity contribution in [3.8, 4) is 0 Å². The van der Waals surface area contributed by atoms with E-state index in [1.54, 1.807) is 11.3 Å². The molecule has 2 atom stereocenters. The largest absolute Gasteiger partial charge is 0.316 e. The van der Waals surface area contributed by atoms with E-state index >= 15 is 0 Å². The van der Waals surface area contributed by atoms with Gasteiger partial charge in [-0.1, -0.05) is 20.8 Å². The first-order chi connectivity index (χ1) is 10.5. The highest BCUT2D eigenvalue weighted by atomic mass is 35.5. The second-order valence-electron chi connectivity index (χ2n) is 6.94. The number of aromatic nitrogens is 1. The van der Waals surface area contributed by atoms with Crippen LogP contribution in [-0.4, -0.2) is 24.0 Å². The number of aryl methyl sites for hydroxylation is 1. The fourth-order valence-electron chi connectivity index (χ4n) is 3.09. The third kappa shape index (κ3) is 6.40. The molecule has 0 saturated carbocycles. The van der Waals surface area contributed by atoms with Crippen molar-refractivity contribution in [1.82, 2.24) is 10.3 Å². The molecule has 4 nitrogen and oxygen atoms in total. The van der Waals surface area contributed by atoms with E-state index in [4.69, 9.17) is 0 Å². The standard InChI is InChI=1S/C17H29N3OS.ClH/c1-11(2)8-15-17(22-13(4)19-15)20-16(21)9-12(3)14-6-5-7-18-10-14;/h11-12,14,18H,5-10H2,1-4H3,(H,20,21);1H. The first-order valence-electron chi connectivity index (χ1n) is 8.42. The summed E-state index contributed by atoms with van der Waals surface area (Å²) in [5.74, 6) is 1.73. The van der Waals surface area contributed by atoms with E-state index < -0.39 is 0 Å². The van der Waals surface area contributed by atoms with Gasteiger partial charge in [0.2, 0.25) is 5.91 Å². The predicted molar refractivity (Wildman–Crippen MR) is 101 cm³/mol. The lowest BCUT2D eigenvalue weighted by Crippen LogP contribution is -2.34. The zero-order valence-electron chi connectivity index (χ0n) is 14.6. The van der Waals surface area contributed by atoms with Gasteiger partial charge in [-0.3, -0.25) is 4.79 Å². The lowest BCUT2D eigenvalue weighted by atomic mass is 9.85. The van der Waals surface area contributed by atoms with E-state index in [-0.39, 0.29) is 18.3 Å². The Hall–Kier alpha value is -0.650. The molecule has 0 spiro atoms. The highest BCUT2D eigenvalue weighted by Crippen LogP contribution is 2.28. The number of carbonyl (C=O) groups is 1. The number of hydrogen-bond donors (Lipinski definition) is 2. The number of piperidine rings is 1. The van der Waals surface area contributed by atoms with Gasteiger partial charge in [-0.25, -0.2) is 4.98 Å². The van der Waals surface area contributed by atoms with Crippen LogP contribution in [0.15, 0.2) is 0 Å². The van der Waals surface area contributed by atoms with Gasteiger partial charge in [0.05, 0.1) is 10.7 Å². The van der Waals surface area contributed by atoms with Gasteiger partial charge >= 0.3 is 0 Å². The first-order valence-corrected chi connectivity index (χ1v) is 9.24. The summed E-state index contributed by atoms with van der Waals surface area (Å²) in [6, 6.07) is 0. The van der Waals surface area contributed by atoms with Crippen molar-refractivity contribution in [3.05, 3.63) is 10.7 Å². The molecule has 1 aromatic rings. The second-order valence-corrected chi connectivity index (χ2v) is 8.15. The fraction of sp³-hybridized carbons (Fsp3) is 0.765. The number of carbonyl (C=O) groups excluding carboxylic acids is 1. The molecule has 0 aliphatic carbocycles. The lowest BCUT2D eigenvalue weighted by Gasteiger charge is -2.27. The number of thiazole rings is 1. The van der Waals surface area contributed by atoms with Gasteiger partial charge in [-0.05, 0) is 57.0 Å². The Bertz CT molecular complexity index is 498. The summed E-state index contributed by atoms with van der Waals surface area (Å²) in [5, 5.41) is 8.51. The van der Waals surface area contributed by atoms with Crippen molar-refractivity contribution in [2.24, 2.45) is 17.8 Å². The number of anilines is 1. The maximum Gasteiger partial charge on any atom is 0.225 e. The smallest absolute Gasteiger partial charge is 0.225 e. The lowest BCUT2D eigenvalue weighted by molar-refractivity contribution is -0.117. The molecule has 2 N–H and O–H groups in total. The molecule has 23 heavy (non-hydrogen) atoms. The second kappa shape index (κ2) is 9.60. The highest BCUT2D eigenvalue weighted by Gasteiger charge is 2.23. The van der Waals surface area contributed by atoms with Gasteiger partial charge < -0.3 is 10.6 Å². The number of hydrogen-bond acceptors (Lipinski definition) is 4. The predicted octanol–water partition coefficient (Wildman–Crippen LogP) is 4.04. The molecule has 1 amide bonds. The summed E-state index contributed by atoms with van der Waals surface area (Å²) >= 11 is 1.59. The minimum Gasteiger partial charge on any atom is -0.316 e. The molecule has 6 heteroatoms. The van der Waals surface area contributed by atoms with Crippen molar-refractivity contribution in [1.29, 1.82) is 0 Å². The highest BCUT2D eigenvalue weighted by molar-refractivity contribution is 7.16. The Morgan fingerprint density at radius 1 is 1.43 bits per heavy atom. The quantitative estimate of drug-likeness (QED) is 0.806. The molecule has 1 aliphatic rings. The van der Waals surface area contributed by atoms with Crippen LogP contribution in [0.5, 0.6) is 0 Å². The average molecular weight is 360 g/mol. The summed E-state index contributed by atoms with van der Waals surface area (Å²) in [6.07, 6.45) is 3.98. The van der Waals surface area contributed by atoms with E-state index in [1.165, 1.54) is 12.8 Å². The molecule has 132 valence electrons. The van der Waals surface area contributed by atoms with Crippen LogP contribution < -0.4 is 10.6 Å². The summed E-state index contributed by atoms with van der Waals surface area (Å²) in [4.78, 5) is 16.9. The van der Waals surface area contributed by atoms with Gasteiger partial charge in [-0.2, -0.15) is 0 Å². The first kappa shape index (κ1) is 20.4. The molecule has 0 bridgehead atoms. The zero-order valence-corrected chi connectivity index (χ0v) is 16.3. The van der Waals surface area contributed by atoms with E-state index in [2.05, 4.69) is 36.4 Å². The van der Waals surface area contributed by atoms with E-state index in [1.807, 2.05) is 6.92 Å². The third-order valence-electron chi connectivity index (χ3n) is 4.31. The molecule has 1 aliphatic heterocycles. The molecular weight excluding hydrogens is 330 g/mol. The van der Waals surface area contributed by atoms with Crippen molar-refractivity contribution in [2.75, 3.05) is 18.4 Å². The van der Waals surface area contributed by atoms with E-state index in [0.717, 1.165) is 35.2 Å². The van der Waals surface area contributed by atoms with Crippen molar-refractivity contribution in [3.63, 3.8) is 0 Å². The van der Waals surface area contributed by atoms with Gasteiger partial charge in [0.1, 0.15) is 5.00 Å². The van der Waals surface area contributed by atoms with Crippen LogP contribution in [0, 0.1) is 24.7 Å². The number of amides is 1. The molecule has 2 unspecified atom stereocenters. The Balaban J connectivity index is 0.00000264. The normalized spacial score (nSPS) is 19.3. The Kier molecular flexibility index (Phi) is 8.51. The monoisotopic (exact) mass is 359 g/mol. The van der Waals surface area contributed by atoms with Crippen LogP contribution in [0.4, 0.5) is 5.00 Å². The Morgan fingerprint density at radius 3 is 2.78 bits per heavy atom. The fourth-order valence-corrected chi connectivity index (χ4v) is 3.96.